The van der Waals surface area contributed by atoms with E-state index in [-0.39, 0.29) is 16.6 Å². The Bertz CT molecular complexity index is 400. The molecule has 0 N–H and O–H groups in total. The molecular formula is C8H4BrF3N2O. The van der Waals surface area contributed by atoms with Crippen molar-refractivity contribution in [3.05, 3.63) is 23.4 Å². The van der Waals surface area contributed by atoms with Crippen molar-refractivity contribution in [2.24, 2.45) is 0 Å². The Morgan fingerprint density at radius 2 is 2.13 bits per heavy atom. The summed E-state index contributed by atoms with van der Waals surface area (Å²) in [6.07, 6.45) is -4.77. The summed E-state index contributed by atoms with van der Waals surface area (Å²) in [5.41, 5.74) is 0.417. The molecule has 0 aromatic carbocycles. The Morgan fingerprint density at radius 1 is 1.47 bits per heavy atom. The topological polar surface area (TPSA) is 45.9 Å². The molecule has 15 heavy (non-hydrogen) atoms. The van der Waals surface area contributed by atoms with E-state index in [2.05, 4.69) is 25.7 Å². The van der Waals surface area contributed by atoms with Crippen molar-refractivity contribution in [2.45, 2.75) is 11.7 Å². The predicted octanol–water partition coefficient (Wildman–Crippen LogP) is 2.75. The van der Waals surface area contributed by atoms with Gasteiger partial charge in [0.1, 0.15) is 6.07 Å². The zero-order chi connectivity index (χ0) is 11.5. The number of ether oxygens (including phenoxy) is 1. The van der Waals surface area contributed by atoms with Gasteiger partial charge < -0.3 is 4.74 Å². The second-order valence-corrected chi connectivity index (χ2v) is 3.00. The van der Waals surface area contributed by atoms with Crippen LogP contribution in [0.4, 0.5) is 13.2 Å². The van der Waals surface area contributed by atoms with Gasteiger partial charge in [0, 0.05) is 11.4 Å². The first-order chi connectivity index (χ1) is 6.96. The minimum Gasteiger partial charge on any atom is -0.388 e. The van der Waals surface area contributed by atoms with E-state index < -0.39 is 12.2 Å². The molecule has 0 unspecified atom stereocenters. The van der Waals surface area contributed by atoms with Crippen LogP contribution >= 0.6 is 15.9 Å². The standard InChI is InChI=1S/C8H4BrF3N2O/c9-3-6-5(4-13)1-2-7(14-6)15-8(10,11)12/h1-2H,3H2. The zero-order valence-corrected chi connectivity index (χ0v) is 8.76. The lowest BCUT2D eigenvalue weighted by molar-refractivity contribution is -0.276. The van der Waals surface area contributed by atoms with E-state index in [1.54, 1.807) is 0 Å². The summed E-state index contributed by atoms with van der Waals surface area (Å²) in [7, 11) is 0. The summed E-state index contributed by atoms with van der Waals surface area (Å²) in [6, 6.07) is 4.03. The maximum absolute atomic E-state index is 11.8. The molecule has 1 rings (SSSR count). The van der Waals surface area contributed by atoms with Gasteiger partial charge in [-0.25, -0.2) is 4.98 Å². The summed E-state index contributed by atoms with van der Waals surface area (Å²) in [5, 5.41) is 8.78. The number of nitrogens with zero attached hydrogens (tertiary/aromatic N) is 2. The average Bonchev–Trinajstić information content (AvgIpc) is 2.15. The molecule has 0 aliphatic rings. The third kappa shape index (κ3) is 3.40. The summed E-state index contributed by atoms with van der Waals surface area (Å²) in [5.74, 6) is -0.573. The van der Waals surface area contributed by atoms with Crippen LogP contribution in [0.15, 0.2) is 12.1 Å². The molecule has 0 spiro atoms. The molecule has 0 saturated heterocycles. The minimum atomic E-state index is -4.77. The Morgan fingerprint density at radius 3 is 2.60 bits per heavy atom. The number of nitriles is 1. The normalized spacial score (nSPS) is 10.9. The van der Waals surface area contributed by atoms with Gasteiger partial charge in [0.05, 0.1) is 11.3 Å². The van der Waals surface area contributed by atoms with E-state index in [9.17, 15) is 13.2 Å². The molecule has 1 aromatic heterocycles. The molecule has 0 fully saturated rings. The van der Waals surface area contributed by atoms with Crippen molar-refractivity contribution in [1.82, 2.24) is 4.98 Å². The lowest BCUT2D eigenvalue weighted by atomic mass is 10.2. The summed E-state index contributed by atoms with van der Waals surface area (Å²) in [6.45, 7) is 0. The lowest BCUT2D eigenvalue weighted by Crippen LogP contribution is -2.18. The molecular weight excluding hydrogens is 277 g/mol. The maximum Gasteiger partial charge on any atom is 0.574 e. The molecule has 80 valence electrons. The van der Waals surface area contributed by atoms with E-state index in [0.717, 1.165) is 6.07 Å². The van der Waals surface area contributed by atoms with Gasteiger partial charge in [-0.15, -0.1) is 13.2 Å². The highest BCUT2D eigenvalue weighted by atomic mass is 79.9. The lowest BCUT2D eigenvalue weighted by Gasteiger charge is -2.08. The zero-order valence-electron chi connectivity index (χ0n) is 7.18. The van der Waals surface area contributed by atoms with Crippen molar-refractivity contribution in [3.8, 4) is 11.9 Å². The fraction of sp³-hybridized carbons (Fsp3) is 0.250. The van der Waals surface area contributed by atoms with E-state index in [4.69, 9.17) is 5.26 Å². The van der Waals surface area contributed by atoms with Gasteiger partial charge in [-0.05, 0) is 6.07 Å². The monoisotopic (exact) mass is 280 g/mol. The number of hydrogen-bond acceptors (Lipinski definition) is 3. The smallest absolute Gasteiger partial charge is 0.388 e. The van der Waals surface area contributed by atoms with Crippen LogP contribution in [0, 0.1) is 11.3 Å². The molecule has 7 heteroatoms. The van der Waals surface area contributed by atoms with Crippen molar-refractivity contribution in [3.63, 3.8) is 0 Å². The van der Waals surface area contributed by atoms with Gasteiger partial charge >= 0.3 is 6.36 Å². The van der Waals surface area contributed by atoms with Crippen LogP contribution in [0.2, 0.25) is 0 Å². The highest BCUT2D eigenvalue weighted by Crippen LogP contribution is 2.22. The molecule has 0 radical (unpaired) electrons. The fourth-order valence-electron chi connectivity index (χ4n) is 0.860. The Balaban J connectivity index is 3.00. The van der Waals surface area contributed by atoms with Crippen LogP contribution in [-0.4, -0.2) is 11.3 Å². The van der Waals surface area contributed by atoms with Crippen molar-refractivity contribution >= 4 is 15.9 Å². The van der Waals surface area contributed by atoms with E-state index in [1.807, 2.05) is 6.07 Å². The molecule has 0 amide bonds. The molecule has 1 heterocycles. The molecule has 0 saturated carbocycles. The van der Waals surface area contributed by atoms with Gasteiger partial charge in [-0.3, -0.25) is 0 Å². The Labute approximate surface area is 91.6 Å². The van der Waals surface area contributed by atoms with Crippen LogP contribution in [-0.2, 0) is 5.33 Å². The van der Waals surface area contributed by atoms with E-state index in [0.29, 0.717) is 0 Å². The van der Waals surface area contributed by atoms with Gasteiger partial charge in [0.2, 0.25) is 5.88 Å². The van der Waals surface area contributed by atoms with Gasteiger partial charge in [0.15, 0.2) is 0 Å². The average molecular weight is 281 g/mol. The summed E-state index contributed by atoms with van der Waals surface area (Å²) < 4.78 is 39.1. The summed E-state index contributed by atoms with van der Waals surface area (Å²) in [4.78, 5) is 3.54. The number of alkyl halides is 4. The highest BCUT2D eigenvalue weighted by Gasteiger charge is 2.31. The first kappa shape index (κ1) is 11.8. The third-order valence-electron chi connectivity index (χ3n) is 1.42. The summed E-state index contributed by atoms with van der Waals surface area (Å²) >= 11 is 3.01. The fourth-order valence-corrected chi connectivity index (χ4v) is 1.29. The molecule has 0 aliphatic carbocycles. The van der Waals surface area contributed by atoms with Crippen LogP contribution in [0.1, 0.15) is 11.3 Å². The van der Waals surface area contributed by atoms with Crippen LogP contribution in [0.5, 0.6) is 5.88 Å². The Hall–Kier alpha value is -1.29. The molecule has 1 aromatic rings. The van der Waals surface area contributed by atoms with Gasteiger partial charge in [-0.2, -0.15) is 5.26 Å². The number of hydrogen-bond donors (Lipinski definition) is 0. The molecule has 0 atom stereocenters. The van der Waals surface area contributed by atoms with E-state index in [1.165, 1.54) is 6.07 Å². The maximum atomic E-state index is 11.8. The van der Waals surface area contributed by atoms with Crippen molar-refractivity contribution < 1.29 is 17.9 Å². The van der Waals surface area contributed by atoms with Crippen LogP contribution in [0.25, 0.3) is 0 Å². The Kier molecular flexibility index (Phi) is 3.52. The molecule has 0 bridgehead atoms. The predicted molar refractivity (Wildman–Crippen MR) is 48.3 cm³/mol. The van der Waals surface area contributed by atoms with Crippen LogP contribution < -0.4 is 4.74 Å². The minimum absolute atomic E-state index is 0.185. The number of halogens is 4. The number of pyridine rings is 1. The SMILES string of the molecule is N#Cc1ccc(OC(F)(F)F)nc1CBr. The molecule has 0 aliphatic heterocycles. The first-order valence-corrected chi connectivity index (χ1v) is 4.80. The van der Waals surface area contributed by atoms with Gasteiger partial charge in [0.25, 0.3) is 0 Å². The number of aromatic nitrogens is 1. The van der Waals surface area contributed by atoms with Gasteiger partial charge in [-0.1, -0.05) is 15.9 Å². The van der Waals surface area contributed by atoms with Crippen LogP contribution in [0.3, 0.4) is 0 Å². The second-order valence-electron chi connectivity index (χ2n) is 2.44. The van der Waals surface area contributed by atoms with E-state index >= 15 is 0 Å². The van der Waals surface area contributed by atoms with Crippen molar-refractivity contribution in [2.75, 3.05) is 0 Å². The number of rotatable bonds is 2. The second kappa shape index (κ2) is 4.49. The molecule has 3 nitrogen and oxygen atoms in total. The largest absolute Gasteiger partial charge is 0.574 e. The third-order valence-corrected chi connectivity index (χ3v) is 1.95. The quantitative estimate of drug-likeness (QED) is 0.783. The first-order valence-electron chi connectivity index (χ1n) is 3.68. The highest BCUT2D eigenvalue weighted by molar-refractivity contribution is 9.08. The van der Waals surface area contributed by atoms with Crippen molar-refractivity contribution in [1.29, 1.82) is 5.26 Å².